The van der Waals surface area contributed by atoms with Crippen LogP contribution in [0.25, 0.3) is 0 Å². The first kappa shape index (κ1) is 13.5. The average molecular weight is 228 g/mol. The summed E-state index contributed by atoms with van der Waals surface area (Å²) in [4.78, 5) is 15.5. The van der Waals surface area contributed by atoms with E-state index in [9.17, 15) is 4.79 Å². The number of nitrogens with zero attached hydrogens (tertiary/aromatic N) is 2. The largest absolute Gasteiger partial charge is 0.481 e. The van der Waals surface area contributed by atoms with Gasteiger partial charge in [-0.25, -0.2) is 0 Å². The maximum Gasteiger partial charge on any atom is 0.307 e. The van der Waals surface area contributed by atoms with Crippen LogP contribution >= 0.6 is 0 Å². The fourth-order valence-electron chi connectivity index (χ4n) is 2.10. The molecule has 4 heteroatoms. The van der Waals surface area contributed by atoms with Crippen molar-refractivity contribution in [2.45, 2.75) is 32.7 Å². The molecule has 1 saturated heterocycles. The van der Waals surface area contributed by atoms with Crippen LogP contribution in [0.1, 0.15) is 26.7 Å². The van der Waals surface area contributed by atoms with Gasteiger partial charge in [0, 0.05) is 19.1 Å². The number of hydrogen-bond acceptors (Lipinski definition) is 3. The van der Waals surface area contributed by atoms with Crippen molar-refractivity contribution in [3.63, 3.8) is 0 Å². The van der Waals surface area contributed by atoms with Crippen molar-refractivity contribution < 1.29 is 9.90 Å². The molecule has 2 atom stereocenters. The Bertz CT molecular complexity index is 227. The van der Waals surface area contributed by atoms with Gasteiger partial charge in [0.05, 0.1) is 5.92 Å². The molecule has 1 N–H and O–H groups in total. The van der Waals surface area contributed by atoms with Crippen LogP contribution in [0.2, 0.25) is 0 Å². The van der Waals surface area contributed by atoms with Crippen LogP contribution in [-0.4, -0.2) is 60.1 Å². The lowest BCUT2D eigenvalue weighted by molar-refractivity contribution is -0.143. The first-order chi connectivity index (χ1) is 7.52. The highest BCUT2D eigenvalue weighted by Gasteiger charge is 2.23. The molecule has 2 unspecified atom stereocenters. The molecule has 0 saturated carbocycles. The quantitative estimate of drug-likeness (QED) is 0.740. The van der Waals surface area contributed by atoms with Crippen LogP contribution in [0.3, 0.4) is 0 Å². The summed E-state index contributed by atoms with van der Waals surface area (Å²) in [5.41, 5.74) is 0. The van der Waals surface area contributed by atoms with Gasteiger partial charge in [-0.05, 0) is 39.9 Å². The molecule has 1 heterocycles. The Hall–Kier alpha value is -0.610. The van der Waals surface area contributed by atoms with E-state index in [1.165, 1.54) is 25.9 Å². The van der Waals surface area contributed by atoms with Gasteiger partial charge < -0.3 is 14.9 Å². The first-order valence-electron chi connectivity index (χ1n) is 6.17. The monoisotopic (exact) mass is 228 g/mol. The third-order valence-corrected chi connectivity index (χ3v) is 3.78. The molecule has 0 aromatic rings. The molecule has 4 nitrogen and oxygen atoms in total. The highest BCUT2D eigenvalue weighted by atomic mass is 16.4. The number of carboxylic acids is 1. The van der Waals surface area contributed by atoms with Crippen LogP contribution in [0.5, 0.6) is 0 Å². The Labute approximate surface area is 98.2 Å². The highest BCUT2D eigenvalue weighted by molar-refractivity contribution is 5.70. The van der Waals surface area contributed by atoms with Gasteiger partial charge in [-0.3, -0.25) is 4.79 Å². The van der Waals surface area contributed by atoms with Crippen molar-refractivity contribution in [3.8, 4) is 0 Å². The summed E-state index contributed by atoms with van der Waals surface area (Å²) in [5.74, 6) is -1.01. The molecule has 94 valence electrons. The van der Waals surface area contributed by atoms with E-state index in [1.54, 1.807) is 6.92 Å². The molecular weight excluding hydrogens is 204 g/mol. The SMILES string of the molecule is CC(C(=O)O)C(C)N(C)CCN1CCCC1. The number of carbonyl (C=O) groups is 1. The van der Waals surface area contributed by atoms with Gasteiger partial charge in [0.1, 0.15) is 0 Å². The zero-order valence-electron chi connectivity index (χ0n) is 10.6. The van der Waals surface area contributed by atoms with E-state index >= 15 is 0 Å². The van der Waals surface area contributed by atoms with Gasteiger partial charge >= 0.3 is 5.97 Å². The molecule has 0 radical (unpaired) electrons. The third-order valence-electron chi connectivity index (χ3n) is 3.78. The summed E-state index contributed by atoms with van der Waals surface area (Å²) in [7, 11) is 2.01. The van der Waals surface area contributed by atoms with E-state index in [0.717, 1.165) is 13.1 Å². The van der Waals surface area contributed by atoms with Gasteiger partial charge in [-0.2, -0.15) is 0 Å². The van der Waals surface area contributed by atoms with Crippen LogP contribution < -0.4 is 0 Å². The van der Waals surface area contributed by atoms with E-state index in [4.69, 9.17) is 5.11 Å². The van der Waals surface area contributed by atoms with Crippen LogP contribution in [0, 0.1) is 5.92 Å². The predicted molar refractivity (Wildman–Crippen MR) is 64.6 cm³/mol. The zero-order chi connectivity index (χ0) is 12.1. The van der Waals surface area contributed by atoms with Crippen LogP contribution in [-0.2, 0) is 4.79 Å². The lowest BCUT2D eigenvalue weighted by atomic mass is 10.0. The second-order valence-corrected chi connectivity index (χ2v) is 4.90. The molecule has 1 aliphatic rings. The van der Waals surface area contributed by atoms with Crippen molar-refractivity contribution in [1.82, 2.24) is 9.80 Å². The third kappa shape index (κ3) is 3.76. The lowest BCUT2D eigenvalue weighted by Gasteiger charge is -2.29. The smallest absolute Gasteiger partial charge is 0.307 e. The number of aliphatic carboxylic acids is 1. The minimum atomic E-state index is -0.708. The number of rotatable bonds is 6. The fraction of sp³-hybridized carbons (Fsp3) is 0.917. The van der Waals surface area contributed by atoms with Crippen molar-refractivity contribution >= 4 is 5.97 Å². The lowest BCUT2D eigenvalue weighted by Crippen LogP contribution is -2.41. The Morgan fingerprint density at radius 2 is 1.94 bits per heavy atom. The minimum absolute atomic E-state index is 0.0973. The summed E-state index contributed by atoms with van der Waals surface area (Å²) >= 11 is 0. The summed E-state index contributed by atoms with van der Waals surface area (Å²) in [6, 6.07) is 0.0973. The highest BCUT2D eigenvalue weighted by Crippen LogP contribution is 2.11. The van der Waals surface area contributed by atoms with Gasteiger partial charge in [-0.15, -0.1) is 0 Å². The van der Waals surface area contributed by atoms with E-state index < -0.39 is 5.97 Å². The Kier molecular flexibility index (Phi) is 5.22. The maximum atomic E-state index is 10.9. The molecule has 1 fully saturated rings. The van der Waals surface area contributed by atoms with E-state index in [2.05, 4.69) is 9.80 Å². The van der Waals surface area contributed by atoms with E-state index in [-0.39, 0.29) is 12.0 Å². The Balaban J connectivity index is 2.27. The summed E-state index contributed by atoms with van der Waals surface area (Å²) in [6.07, 6.45) is 2.62. The topological polar surface area (TPSA) is 43.8 Å². The predicted octanol–water partition coefficient (Wildman–Crippen LogP) is 1.12. The summed E-state index contributed by atoms with van der Waals surface area (Å²) in [5, 5.41) is 8.94. The van der Waals surface area contributed by atoms with Crippen molar-refractivity contribution in [3.05, 3.63) is 0 Å². The Morgan fingerprint density at radius 1 is 1.38 bits per heavy atom. The van der Waals surface area contributed by atoms with Crippen molar-refractivity contribution in [2.75, 3.05) is 33.2 Å². The number of hydrogen-bond donors (Lipinski definition) is 1. The molecule has 0 aromatic carbocycles. The number of likely N-dealkylation sites (tertiary alicyclic amines) is 1. The molecular formula is C12H24N2O2. The van der Waals surface area contributed by atoms with Crippen LogP contribution in [0.4, 0.5) is 0 Å². The van der Waals surface area contributed by atoms with Gasteiger partial charge in [0.2, 0.25) is 0 Å². The maximum absolute atomic E-state index is 10.9. The molecule has 0 bridgehead atoms. The Morgan fingerprint density at radius 3 is 2.44 bits per heavy atom. The molecule has 0 amide bonds. The minimum Gasteiger partial charge on any atom is -0.481 e. The zero-order valence-corrected chi connectivity index (χ0v) is 10.6. The van der Waals surface area contributed by atoms with E-state index in [1.807, 2.05) is 14.0 Å². The van der Waals surface area contributed by atoms with Crippen LogP contribution in [0.15, 0.2) is 0 Å². The van der Waals surface area contributed by atoms with Gasteiger partial charge in [0.25, 0.3) is 0 Å². The number of likely N-dealkylation sites (N-methyl/N-ethyl adjacent to an activating group) is 1. The first-order valence-corrected chi connectivity index (χ1v) is 6.17. The van der Waals surface area contributed by atoms with Crippen molar-refractivity contribution in [2.24, 2.45) is 5.92 Å². The summed E-state index contributed by atoms with van der Waals surface area (Å²) in [6.45, 7) is 8.20. The molecule has 1 rings (SSSR count). The van der Waals surface area contributed by atoms with Gasteiger partial charge in [0.15, 0.2) is 0 Å². The second-order valence-electron chi connectivity index (χ2n) is 4.90. The molecule has 16 heavy (non-hydrogen) atoms. The molecule has 1 aliphatic heterocycles. The van der Waals surface area contributed by atoms with Gasteiger partial charge in [-0.1, -0.05) is 6.92 Å². The fourth-order valence-corrected chi connectivity index (χ4v) is 2.10. The molecule has 0 aromatic heterocycles. The average Bonchev–Trinajstić information content (AvgIpc) is 2.76. The molecule has 0 spiro atoms. The summed E-state index contributed by atoms with van der Waals surface area (Å²) < 4.78 is 0. The molecule has 0 aliphatic carbocycles. The van der Waals surface area contributed by atoms with Crippen molar-refractivity contribution in [1.29, 1.82) is 0 Å². The number of carboxylic acid groups (broad SMARTS) is 1. The van der Waals surface area contributed by atoms with E-state index in [0.29, 0.717) is 0 Å². The second kappa shape index (κ2) is 6.21. The normalized spacial score (nSPS) is 21.2. The standard InChI is InChI=1S/C12H24N2O2/c1-10(12(15)16)11(2)13(3)8-9-14-6-4-5-7-14/h10-11H,4-9H2,1-3H3,(H,15,16).